The second-order valence-electron chi connectivity index (χ2n) is 7.99. The molecule has 1 fully saturated rings. The number of Topliss-reactive ketones (excluding diaryl/α,β-unsaturated/α-hetero) is 1. The lowest BCUT2D eigenvalue weighted by Gasteiger charge is -2.26. The van der Waals surface area contributed by atoms with Crippen LogP contribution in [-0.4, -0.2) is 27.0 Å². The summed E-state index contributed by atoms with van der Waals surface area (Å²) in [7, 11) is 0. The Morgan fingerprint density at radius 3 is 2.53 bits per heavy atom. The number of hydrogen-bond donors (Lipinski definition) is 1. The molecule has 1 amide bonds. The van der Waals surface area contributed by atoms with E-state index in [1.165, 1.54) is 25.1 Å². The van der Waals surface area contributed by atoms with Gasteiger partial charge in [-0.2, -0.15) is 0 Å². The fourth-order valence-corrected chi connectivity index (χ4v) is 5.20. The molecule has 0 saturated heterocycles. The van der Waals surface area contributed by atoms with Gasteiger partial charge >= 0.3 is 0 Å². The number of rotatable bonds is 6. The van der Waals surface area contributed by atoms with Crippen LogP contribution in [0.2, 0.25) is 5.02 Å². The number of nitrogens with one attached hydrogen (secondary N) is 1. The van der Waals surface area contributed by atoms with E-state index in [1.807, 2.05) is 0 Å². The molecule has 0 aliphatic heterocycles. The van der Waals surface area contributed by atoms with Gasteiger partial charge in [-0.15, -0.1) is 0 Å². The van der Waals surface area contributed by atoms with Crippen molar-refractivity contribution in [1.82, 2.24) is 9.55 Å². The molecule has 32 heavy (non-hydrogen) atoms. The van der Waals surface area contributed by atoms with Gasteiger partial charge in [0.1, 0.15) is 0 Å². The van der Waals surface area contributed by atoms with Crippen LogP contribution in [0.1, 0.15) is 55.4 Å². The number of fused-ring (bicyclic) bond motifs is 1. The number of aromatic nitrogens is 2. The highest BCUT2D eigenvalue weighted by atomic mass is 35.5. The summed E-state index contributed by atoms with van der Waals surface area (Å²) >= 11 is 7.41. The molecule has 0 spiro atoms. The molecule has 166 valence electrons. The molecule has 3 aromatic rings. The van der Waals surface area contributed by atoms with E-state index in [4.69, 9.17) is 16.6 Å². The van der Waals surface area contributed by atoms with Crippen LogP contribution in [0.15, 0.2) is 52.4 Å². The second-order valence-corrected chi connectivity index (χ2v) is 9.37. The Morgan fingerprint density at radius 2 is 1.84 bits per heavy atom. The second kappa shape index (κ2) is 9.88. The Hall–Kier alpha value is -2.64. The summed E-state index contributed by atoms with van der Waals surface area (Å²) in [4.78, 5) is 42.0. The lowest BCUT2D eigenvalue weighted by molar-refractivity contribution is -0.114. The van der Waals surface area contributed by atoms with Crippen molar-refractivity contribution >= 4 is 51.6 Å². The van der Waals surface area contributed by atoms with Crippen LogP contribution in [0, 0.1) is 0 Å². The summed E-state index contributed by atoms with van der Waals surface area (Å²) < 4.78 is 1.78. The number of halogens is 1. The van der Waals surface area contributed by atoms with Gasteiger partial charge in [0.25, 0.3) is 5.56 Å². The van der Waals surface area contributed by atoms with E-state index in [0.29, 0.717) is 32.3 Å². The molecule has 1 aromatic heterocycles. The van der Waals surface area contributed by atoms with Crippen molar-refractivity contribution in [2.45, 2.75) is 50.2 Å². The SMILES string of the molecule is CC(=O)Nc1ccc(C(=O)CSc2nc3cc(Cl)ccc3c(=O)n2C2CCCCC2)cc1. The molecule has 0 atom stereocenters. The summed E-state index contributed by atoms with van der Waals surface area (Å²) in [5.41, 5.74) is 1.65. The predicted octanol–water partition coefficient (Wildman–Crippen LogP) is 5.49. The van der Waals surface area contributed by atoms with Crippen molar-refractivity contribution in [2.24, 2.45) is 0 Å². The first-order chi connectivity index (χ1) is 15.4. The van der Waals surface area contributed by atoms with E-state index in [9.17, 15) is 14.4 Å². The quantitative estimate of drug-likeness (QED) is 0.293. The fraction of sp³-hybridized carbons (Fsp3) is 0.333. The van der Waals surface area contributed by atoms with E-state index in [0.717, 1.165) is 25.7 Å². The molecule has 0 radical (unpaired) electrons. The van der Waals surface area contributed by atoms with Crippen LogP contribution >= 0.6 is 23.4 Å². The Bertz CT molecular complexity index is 1220. The fourth-order valence-electron chi connectivity index (χ4n) is 4.07. The molecular weight excluding hydrogens is 446 g/mol. The van der Waals surface area contributed by atoms with Crippen LogP contribution in [0.25, 0.3) is 10.9 Å². The Kier molecular flexibility index (Phi) is 6.96. The van der Waals surface area contributed by atoms with Gasteiger partial charge in [-0.25, -0.2) is 4.98 Å². The van der Waals surface area contributed by atoms with Crippen LogP contribution in [-0.2, 0) is 4.79 Å². The molecule has 0 unspecified atom stereocenters. The number of carbonyl (C=O) groups excluding carboxylic acids is 2. The average Bonchev–Trinajstić information content (AvgIpc) is 2.78. The maximum absolute atomic E-state index is 13.3. The third-order valence-corrected chi connectivity index (χ3v) is 6.82. The molecule has 2 aromatic carbocycles. The van der Waals surface area contributed by atoms with Crippen molar-refractivity contribution in [1.29, 1.82) is 0 Å². The van der Waals surface area contributed by atoms with Gasteiger partial charge in [-0.1, -0.05) is 42.6 Å². The predicted molar refractivity (Wildman–Crippen MR) is 129 cm³/mol. The van der Waals surface area contributed by atoms with Crippen molar-refractivity contribution in [3.05, 3.63) is 63.4 Å². The van der Waals surface area contributed by atoms with Gasteiger partial charge in [-0.05, 0) is 55.3 Å². The summed E-state index contributed by atoms with van der Waals surface area (Å²) in [5.74, 6) is -0.0761. The number of thioether (sulfide) groups is 1. The van der Waals surface area contributed by atoms with Crippen molar-refractivity contribution in [2.75, 3.05) is 11.1 Å². The van der Waals surface area contributed by atoms with Gasteiger partial charge in [-0.3, -0.25) is 19.0 Å². The molecule has 1 saturated carbocycles. The van der Waals surface area contributed by atoms with Gasteiger partial charge in [0.15, 0.2) is 10.9 Å². The molecule has 1 heterocycles. The van der Waals surface area contributed by atoms with Crippen molar-refractivity contribution in [3.63, 3.8) is 0 Å². The number of amides is 1. The zero-order valence-corrected chi connectivity index (χ0v) is 19.3. The zero-order valence-electron chi connectivity index (χ0n) is 17.8. The van der Waals surface area contributed by atoms with E-state index < -0.39 is 0 Å². The van der Waals surface area contributed by atoms with E-state index >= 15 is 0 Å². The van der Waals surface area contributed by atoms with Crippen molar-refractivity contribution < 1.29 is 9.59 Å². The number of carbonyl (C=O) groups is 2. The summed E-state index contributed by atoms with van der Waals surface area (Å²) in [6, 6.07) is 12.0. The number of anilines is 1. The largest absolute Gasteiger partial charge is 0.326 e. The smallest absolute Gasteiger partial charge is 0.262 e. The Morgan fingerprint density at radius 1 is 1.12 bits per heavy atom. The molecule has 1 aliphatic rings. The van der Waals surface area contributed by atoms with Crippen molar-refractivity contribution in [3.8, 4) is 0 Å². The third-order valence-electron chi connectivity index (χ3n) is 5.63. The molecule has 6 nitrogen and oxygen atoms in total. The zero-order chi connectivity index (χ0) is 22.7. The first-order valence-electron chi connectivity index (χ1n) is 10.7. The van der Waals surface area contributed by atoms with Gasteiger partial charge in [0.05, 0.1) is 16.7 Å². The van der Waals surface area contributed by atoms with Gasteiger partial charge in [0.2, 0.25) is 5.91 Å². The maximum atomic E-state index is 13.3. The standard InChI is InChI=1S/C24H24ClN3O3S/c1-15(29)26-18-10-7-16(8-11-18)22(30)14-32-24-27-21-13-17(25)9-12-20(21)23(31)28(24)19-5-3-2-4-6-19/h7-13,19H,2-6,14H2,1H3,(H,26,29). The average molecular weight is 470 g/mol. The van der Waals surface area contributed by atoms with E-state index in [1.54, 1.807) is 47.0 Å². The number of nitrogens with zero attached hydrogens (tertiary/aromatic N) is 2. The molecule has 8 heteroatoms. The first kappa shape index (κ1) is 22.6. The number of hydrogen-bond acceptors (Lipinski definition) is 5. The maximum Gasteiger partial charge on any atom is 0.262 e. The number of ketones is 1. The minimum Gasteiger partial charge on any atom is -0.326 e. The molecular formula is C24H24ClN3O3S. The Labute approximate surface area is 195 Å². The highest BCUT2D eigenvalue weighted by Gasteiger charge is 2.22. The minimum atomic E-state index is -0.164. The van der Waals surface area contributed by atoms with Gasteiger partial charge in [0, 0.05) is 29.2 Å². The van der Waals surface area contributed by atoms with Crippen LogP contribution in [0.5, 0.6) is 0 Å². The topological polar surface area (TPSA) is 81.1 Å². The lowest BCUT2D eigenvalue weighted by atomic mass is 9.95. The molecule has 1 aliphatic carbocycles. The summed E-state index contributed by atoms with van der Waals surface area (Å²) in [6.07, 6.45) is 5.22. The molecule has 0 bridgehead atoms. The summed E-state index contributed by atoms with van der Waals surface area (Å²) in [5, 5.41) is 4.31. The monoisotopic (exact) mass is 469 g/mol. The highest BCUT2D eigenvalue weighted by Crippen LogP contribution is 2.31. The third kappa shape index (κ3) is 5.05. The van der Waals surface area contributed by atoms with Gasteiger partial charge < -0.3 is 5.32 Å². The van der Waals surface area contributed by atoms with E-state index in [2.05, 4.69) is 5.32 Å². The number of benzene rings is 2. The van der Waals surface area contributed by atoms with E-state index in [-0.39, 0.29) is 29.0 Å². The first-order valence-corrected chi connectivity index (χ1v) is 12.0. The van der Waals surface area contributed by atoms with Crippen LogP contribution in [0.3, 0.4) is 0 Å². The normalized spacial score (nSPS) is 14.4. The molecule has 4 rings (SSSR count). The van der Waals surface area contributed by atoms with Crippen LogP contribution in [0.4, 0.5) is 5.69 Å². The molecule has 1 N–H and O–H groups in total. The Balaban J connectivity index is 1.61. The summed E-state index contributed by atoms with van der Waals surface area (Å²) in [6.45, 7) is 1.44. The minimum absolute atomic E-state index is 0.0694. The highest BCUT2D eigenvalue weighted by molar-refractivity contribution is 7.99. The lowest BCUT2D eigenvalue weighted by Crippen LogP contribution is -2.29. The van der Waals surface area contributed by atoms with Crippen LogP contribution < -0.4 is 10.9 Å².